The molecule has 1 saturated heterocycles. The fourth-order valence-electron chi connectivity index (χ4n) is 7.86. The Labute approximate surface area is 464 Å². The maximum Gasteiger partial charge on any atom is 0.495 e. The first-order valence-electron chi connectivity index (χ1n) is 24.4. The number of hydrogen-bond acceptors (Lipinski definition) is 15. The highest BCUT2D eigenvalue weighted by atomic mass is 79.9. The summed E-state index contributed by atoms with van der Waals surface area (Å²) in [7, 11) is -0.472. The van der Waals surface area contributed by atoms with Gasteiger partial charge in [0.15, 0.2) is 15.4 Å². The van der Waals surface area contributed by atoms with E-state index in [1.807, 2.05) is 112 Å². The third kappa shape index (κ3) is 13.6. The third-order valence-electron chi connectivity index (χ3n) is 11.3. The van der Waals surface area contributed by atoms with E-state index in [0.29, 0.717) is 48.2 Å². The van der Waals surface area contributed by atoms with Gasteiger partial charge in [0.25, 0.3) is 0 Å². The molecule has 0 radical (unpaired) electrons. The van der Waals surface area contributed by atoms with Crippen LogP contribution in [-0.2, 0) is 9.31 Å². The lowest BCUT2D eigenvalue weighted by Gasteiger charge is -2.33. The molecule has 0 unspecified atom stereocenters. The van der Waals surface area contributed by atoms with Gasteiger partial charge in [-0.2, -0.15) is 5.10 Å². The Kier molecular flexibility index (Phi) is 17.5. The van der Waals surface area contributed by atoms with Crippen LogP contribution >= 0.6 is 49.9 Å². The maximum atomic E-state index is 11.9. The summed E-state index contributed by atoms with van der Waals surface area (Å²) < 4.78 is 17.7. The van der Waals surface area contributed by atoms with Gasteiger partial charge in [-0.1, -0.05) is 72.1 Å². The van der Waals surface area contributed by atoms with Crippen LogP contribution in [0.5, 0.6) is 0 Å². The highest BCUT2D eigenvalue weighted by Gasteiger charge is 2.35. The van der Waals surface area contributed by atoms with Crippen molar-refractivity contribution in [1.82, 2.24) is 55.6 Å². The molecular formula is C53H52BBrN14O5S3. The van der Waals surface area contributed by atoms with Crippen LogP contribution in [0.25, 0.3) is 69.7 Å². The number of hydrogen-bond donors (Lipinski definition) is 6. The standard InChI is InChI=1S/C20H23BN4O3S.C18H16N6OS.C15H13BrN4OS/c1-4-23-18(26)25-19-24-16-9-14(13-6-5-7-22-10-13)8-15(17(16)29-19)21-27-11-20(2,3)12-28-21;1-2-20-17(25)23-18-22-14-9-13(12-5-3-6-19-11-12)10-15(16(14)26-18)24-8-4-7-21-24;1-2-18-14(21)20-15-19-12-7-10(6-11(16)13(12)22-15)9-4-3-5-17-8-9/h5-10H,4,11-12H2,1-3H3,(H2,23,24,25,26);3-11H,2H2,1H3,(H2,20,22,23,25);3-8H,2H2,1H3,(H2,18,19,20,21). The van der Waals surface area contributed by atoms with Crippen LogP contribution in [0.3, 0.4) is 0 Å². The Bertz CT molecular complexity index is 3630. The van der Waals surface area contributed by atoms with E-state index in [4.69, 9.17) is 9.31 Å². The summed E-state index contributed by atoms with van der Waals surface area (Å²) in [5.74, 6) is 0. The van der Waals surface area contributed by atoms with Gasteiger partial charge in [-0.05, 0) is 108 Å². The molecule has 11 rings (SSSR count). The number of amides is 6. The number of carbonyl (C=O) groups is 3. The predicted molar refractivity (Wildman–Crippen MR) is 313 cm³/mol. The lowest BCUT2D eigenvalue weighted by atomic mass is 9.75. The van der Waals surface area contributed by atoms with Gasteiger partial charge in [0, 0.05) is 114 Å². The molecule has 77 heavy (non-hydrogen) atoms. The Morgan fingerprint density at radius 2 is 1.03 bits per heavy atom. The molecule has 0 spiro atoms. The Hall–Kier alpha value is -7.74. The minimum Gasteiger partial charge on any atom is -0.407 e. The van der Waals surface area contributed by atoms with Crippen molar-refractivity contribution in [3.8, 4) is 39.1 Å². The van der Waals surface area contributed by atoms with Gasteiger partial charge < -0.3 is 25.3 Å². The van der Waals surface area contributed by atoms with Crippen LogP contribution in [0.2, 0.25) is 0 Å². The molecule has 1 fully saturated rings. The lowest BCUT2D eigenvalue weighted by Crippen LogP contribution is -2.47. The summed E-state index contributed by atoms with van der Waals surface area (Å²) in [6.45, 7) is 12.7. The van der Waals surface area contributed by atoms with Crippen molar-refractivity contribution in [2.45, 2.75) is 34.6 Å². The second kappa shape index (κ2) is 24.9. The molecule has 7 aromatic heterocycles. The van der Waals surface area contributed by atoms with Gasteiger partial charge in [0.05, 0.1) is 36.3 Å². The number of aromatic nitrogens is 8. The zero-order valence-electron chi connectivity index (χ0n) is 42.5. The number of halogens is 1. The average molecular weight is 1150 g/mol. The van der Waals surface area contributed by atoms with Crippen molar-refractivity contribution >= 4 is 127 Å². The van der Waals surface area contributed by atoms with Crippen molar-refractivity contribution in [2.75, 3.05) is 48.8 Å². The highest BCUT2D eigenvalue weighted by molar-refractivity contribution is 9.10. The number of carbonyl (C=O) groups excluding carboxylic acids is 3. The number of thiazole rings is 3. The van der Waals surface area contributed by atoms with E-state index in [0.717, 1.165) is 79.7 Å². The first-order chi connectivity index (χ1) is 37.4. The molecule has 8 heterocycles. The SMILES string of the molecule is CCNC(=O)Nc1nc2cc(-c3cccnc3)cc(-n3cccn3)c2s1.CCNC(=O)Nc1nc2cc(-c3cccnc3)cc(B3OCC(C)(C)CO3)c2s1.CCNC(=O)Nc1nc2cc(-c3cccnc3)cc(Br)c2s1. The van der Waals surface area contributed by atoms with Crippen LogP contribution in [0, 0.1) is 5.41 Å². The normalized spacial score (nSPS) is 12.7. The Morgan fingerprint density at radius 3 is 1.48 bits per heavy atom. The molecule has 6 amide bonds. The number of nitrogens with one attached hydrogen (secondary N) is 6. The molecule has 24 heteroatoms. The number of pyridine rings is 3. The summed E-state index contributed by atoms with van der Waals surface area (Å²) in [5.41, 5.74) is 10.2. The summed E-state index contributed by atoms with van der Waals surface area (Å²) in [6.07, 6.45) is 14.3. The molecule has 19 nitrogen and oxygen atoms in total. The molecule has 0 saturated carbocycles. The van der Waals surface area contributed by atoms with Gasteiger partial charge >= 0.3 is 25.2 Å². The van der Waals surface area contributed by atoms with Crippen LogP contribution in [0.4, 0.5) is 29.8 Å². The number of rotatable bonds is 11. The van der Waals surface area contributed by atoms with Gasteiger partial charge in [-0.25, -0.2) is 34.0 Å². The van der Waals surface area contributed by atoms with E-state index in [1.54, 1.807) is 29.5 Å². The quantitative estimate of drug-likeness (QED) is 0.0664. The van der Waals surface area contributed by atoms with E-state index in [-0.39, 0.29) is 23.5 Å². The topological polar surface area (TPSA) is 237 Å². The molecule has 1 aliphatic rings. The summed E-state index contributed by atoms with van der Waals surface area (Å²) in [5, 5.41) is 22.4. The highest BCUT2D eigenvalue weighted by Crippen LogP contribution is 2.38. The van der Waals surface area contributed by atoms with Crippen LogP contribution in [-0.4, -0.2) is 97.7 Å². The Balaban J connectivity index is 0.000000142. The summed E-state index contributed by atoms with van der Waals surface area (Å²) in [6, 6.07) is 25.0. The fraction of sp³-hybridized carbons (Fsp3) is 0.208. The minimum absolute atomic E-state index is 0.0186. The van der Waals surface area contributed by atoms with Crippen molar-refractivity contribution < 1.29 is 23.7 Å². The second-order valence-corrected chi connectivity index (χ2v) is 21.7. The van der Waals surface area contributed by atoms with E-state index in [1.165, 1.54) is 34.0 Å². The molecular weight excluding hydrogens is 1100 g/mol. The summed E-state index contributed by atoms with van der Waals surface area (Å²) in [4.78, 5) is 61.5. The summed E-state index contributed by atoms with van der Waals surface area (Å²) >= 11 is 7.85. The van der Waals surface area contributed by atoms with Gasteiger partial charge in [0.1, 0.15) is 0 Å². The second-order valence-electron chi connectivity index (χ2n) is 17.9. The van der Waals surface area contributed by atoms with E-state index in [2.05, 4.69) is 109 Å². The van der Waals surface area contributed by atoms with E-state index in [9.17, 15) is 14.4 Å². The predicted octanol–water partition coefficient (Wildman–Crippen LogP) is 11.2. The number of benzene rings is 3. The van der Waals surface area contributed by atoms with Crippen molar-refractivity contribution in [2.24, 2.45) is 5.41 Å². The van der Waals surface area contributed by atoms with Crippen LogP contribution in [0.1, 0.15) is 34.6 Å². The first-order valence-corrected chi connectivity index (χ1v) is 27.7. The number of anilines is 3. The zero-order valence-corrected chi connectivity index (χ0v) is 46.5. The molecule has 6 N–H and O–H groups in total. The van der Waals surface area contributed by atoms with Crippen molar-refractivity contribution in [3.63, 3.8) is 0 Å². The van der Waals surface area contributed by atoms with E-state index >= 15 is 0 Å². The monoisotopic (exact) mass is 1150 g/mol. The van der Waals surface area contributed by atoms with Gasteiger partial charge in [0.2, 0.25) is 0 Å². The molecule has 0 bridgehead atoms. The number of nitrogens with zero attached hydrogens (tertiary/aromatic N) is 8. The molecule has 392 valence electrons. The van der Waals surface area contributed by atoms with Crippen LogP contribution < -0.4 is 37.4 Å². The molecule has 10 aromatic rings. The minimum atomic E-state index is -0.472. The first kappa shape index (κ1) is 54.1. The largest absolute Gasteiger partial charge is 0.495 e. The van der Waals surface area contributed by atoms with Crippen LogP contribution in [0.15, 0.2) is 133 Å². The number of urea groups is 3. The zero-order chi connectivity index (χ0) is 53.9. The average Bonchev–Trinajstić information content (AvgIpc) is 4.32. The van der Waals surface area contributed by atoms with Crippen molar-refractivity contribution in [1.29, 1.82) is 0 Å². The smallest absolute Gasteiger partial charge is 0.407 e. The van der Waals surface area contributed by atoms with Gasteiger partial charge in [-0.3, -0.25) is 30.9 Å². The van der Waals surface area contributed by atoms with Crippen molar-refractivity contribution in [3.05, 3.63) is 133 Å². The molecule has 3 aromatic carbocycles. The maximum absolute atomic E-state index is 11.9. The lowest BCUT2D eigenvalue weighted by molar-refractivity contribution is 0.0344. The Morgan fingerprint density at radius 1 is 0.584 bits per heavy atom. The molecule has 0 aliphatic carbocycles. The number of fused-ring (bicyclic) bond motifs is 3. The fourth-order valence-corrected chi connectivity index (χ4v) is 11.3. The molecule has 1 aliphatic heterocycles. The van der Waals surface area contributed by atoms with E-state index < -0.39 is 7.12 Å². The molecule has 0 atom stereocenters. The van der Waals surface area contributed by atoms with Gasteiger partial charge in [-0.15, -0.1) is 0 Å². The third-order valence-corrected chi connectivity index (χ3v) is 15.3.